The summed E-state index contributed by atoms with van der Waals surface area (Å²) in [5.41, 5.74) is 1.53. The maximum atomic E-state index is 4.21. The Morgan fingerprint density at radius 1 is 1.11 bits per heavy atom. The first kappa shape index (κ1) is 11.6. The monoisotopic (exact) mass is 258 g/mol. The number of hydrogen-bond acceptors (Lipinski definition) is 6. The van der Waals surface area contributed by atoms with E-state index in [1.54, 1.807) is 19.0 Å². The van der Waals surface area contributed by atoms with Crippen LogP contribution in [0.4, 0.5) is 5.82 Å². The number of aromatic nitrogens is 7. The Hall–Kier alpha value is -2.51. The molecule has 0 aliphatic heterocycles. The van der Waals surface area contributed by atoms with Crippen molar-refractivity contribution in [2.45, 2.75) is 19.4 Å². The Morgan fingerprint density at radius 2 is 2.00 bits per heavy atom. The maximum absolute atomic E-state index is 4.21. The Morgan fingerprint density at radius 3 is 2.89 bits per heavy atom. The average molecular weight is 258 g/mol. The van der Waals surface area contributed by atoms with Gasteiger partial charge in [-0.3, -0.25) is 0 Å². The van der Waals surface area contributed by atoms with Crippen molar-refractivity contribution in [3.05, 3.63) is 25.3 Å². The first-order valence-electron chi connectivity index (χ1n) is 6.14. The van der Waals surface area contributed by atoms with Gasteiger partial charge < -0.3 is 14.9 Å². The number of hydrogen-bond donors (Lipinski definition) is 2. The van der Waals surface area contributed by atoms with Gasteiger partial charge in [0.15, 0.2) is 11.5 Å². The molecule has 2 N–H and O–H groups in total. The molecule has 0 fully saturated rings. The first-order chi connectivity index (χ1) is 9.43. The van der Waals surface area contributed by atoms with Crippen LogP contribution in [-0.4, -0.2) is 41.2 Å². The van der Waals surface area contributed by atoms with Crippen LogP contribution in [0.15, 0.2) is 25.3 Å². The summed E-state index contributed by atoms with van der Waals surface area (Å²) in [6.07, 6.45) is 8.69. The Labute approximate surface area is 109 Å². The summed E-state index contributed by atoms with van der Waals surface area (Å²) >= 11 is 0. The molecule has 0 aliphatic rings. The van der Waals surface area contributed by atoms with Gasteiger partial charge in [-0.25, -0.2) is 15.0 Å². The van der Waals surface area contributed by atoms with Crippen LogP contribution in [0, 0.1) is 0 Å². The van der Waals surface area contributed by atoms with Crippen LogP contribution in [0.25, 0.3) is 11.2 Å². The smallest absolute Gasteiger partial charge is 0.182 e. The van der Waals surface area contributed by atoms with Gasteiger partial charge >= 0.3 is 0 Å². The SMILES string of the molecule is c1nc(NCCCCn2cnnc2)c2[nH]cnc2n1. The van der Waals surface area contributed by atoms with Gasteiger partial charge in [-0.1, -0.05) is 0 Å². The number of H-pyrrole nitrogens is 1. The predicted molar refractivity (Wildman–Crippen MR) is 69.4 cm³/mol. The molecule has 8 nitrogen and oxygen atoms in total. The molecule has 8 heteroatoms. The third-order valence-electron chi connectivity index (χ3n) is 2.83. The highest BCUT2D eigenvalue weighted by Gasteiger charge is 2.04. The van der Waals surface area contributed by atoms with Gasteiger partial charge in [-0.05, 0) is 12.8 Å². The van der Waals surface area contributed by atoms with Crippen molar-refractivity contribution in [1.82, 2.24) is 34.7 Å². The minimum atomic E-state index is 0.682. The molecule has 0 unspecified atom stereocenters. The lowest BCUT2D eigenvalue weighted by Gasteiger charge is -2.05. The molecule has 98 valence electrons. The van der Waals surface area contributed by atoms with E-state index in [4.69, 9.17) is 0 Å². The number of anilines is 1. The topological polar surface area (TPSA) is 97.2 Å². The normalized spacial score (nSPS) is 10.9. The molecular formula is C11H14N8. The van der Waals surface area contributed by atoms with E-state index in [1.807, 2.05) is 4.57 Å². The van der Waals surface area contributed by atoms with Gasteiger partial charge in [0.1, 0.15) is 24.5 Å². The molecule has 0 saturated heterocycles. The van der Waals surface area contributed by atoms with Crippen LogP contribution >= 0.6 is 0 Å². The summed E-state index contributed by atoms with van der Waals surface area (Å²) in [7, 11) is 0. The molecule has 19 heavy (non-hydrogen) atoms. The van der Waals surface area contributed by atoms with E-state index in [2.05, 4.69) is 35.5 Å². The van der Waals surface area contributed by atoms with Gasteiger partial charge in [-0.15, -0.1) is 10.2 Å². The maximum Gasteiger partial charge on any atom is 0.182 e. The number of imidazole rings is 1. The third kappa shape index (κ3) is 2.67. The highest BCUT2D eigenvalue weighted by Crippen LogP contribution is 2.14. The van der Waals surface area contributed by atoms with Crippen molar-refractivity contribution in [3.8, 4) is 0 Å². The van der Waals surface area contributed by atoms with E-state index < -0.39 is 0 Å². The lowest BCUT2D eigenvalue weighted by atomic mass is 10.3. The first-order valence-corrected chi connectivity index (χ1v) is 6.14. The van der Waals surface area contributed by atoms with Crippen LogP contribution in [0.5, 0.6) is 0 Å². The fourth-order valence-electron chi connectivity index (χ4n) is 1.86. The number of fused-ring (bicyclic) bond motifs is 1. The van der Waals surface area contributed by atoms with Crippen LogP contribution in [0.2, 0.25) is 0 Å². The van der Waals surface area contributed by atoms with Crippen molar-refractivity contribution in [2.24, 2.45) is 0 Å². The predicted octanol–water partition coefficient (Wildman–Crippen LogP) is 0.837. The minimum absolute atomic E-state index is 0.682. The summed E-state index contributed by atoms with van der Waals surface area (Å²) in [6.45, 7) is 1.78. The van der Waals surface area contributed by atoms with Gasteiger partial charge in [-0.2, -0.15) is 0 Å². The second-order valence-corrected chi connectivity index (χ2v) is 4.16. The third-order valence-corrected chi connectivity index (χ3v) is 2.83. The van der Waals surface area contributed by atoms with Crippen molar-refractivity contribution in [2.75, 3.05) is 11.9 Å². The van der Waals surface area contributed by atoms with E-state index >= 15 is 0 Å². The lowest BCUT2D eigenvalue weighted by Crippen LogP contribution is -2.06. The fourth-order valence-corrected chi connectivity index (χ4v) is 1.86. The highest BCUT2D eigenvalue weighted by molar-refractivity contribution is 5.81. The van der Waals surface area contributed by atoms with E-state index in [0.29, 0.717) is 5.65 Å². The zero-order valence-corrected chi connectivity index (χ0v) is 10.3. The summed E-state index contributed by atoms with van der Waals surface area (Å²) < 4.78 is 1.97. The standard InChI is InChI=1S/C11H14N8/c1(2-4-19-7-17-18-8-19)3-12-10-9-11(14-5-13-9)16-6-15-10/h5-8H,1-4H2,(H2,12,13,14,15,16). The van der Waals surface area contributed by atoms with Crippen LogP contribution in [0.1, 0.15) is 12.8 Å². The summed E-state index contributed by atoms with van der Waals surface area (Å²) in [6, 6.07) is 0. The van der Waals surface area contributed by atoms with E-state index in [9.17, 15) is 0 Å². The largest absolute Gasteiger partial charge is 0.368 e. The lowest BCUT2D eigenvalue weighted by molar-refractivity contribution is 0.619. The van der Waals surface area contributed by atoms with Gasteiger partial charge in [0.25, 0.3) is 0 Å². The summed E-state index contributed by atoms with van der Waals surface area (Å²) in [4.78, 5) is 15.4. The number of rotatable bonds is 6. The average Bonchev–Trinajstić information content (AvgIpc) is 3.09. The van der Waals surface area contributed by atoms with Crippen molar-refractivity contribution in [1.29, 1.82) is 0 Å². The highest BCUT2D eigenvalue weighted by atomic mass is 15.2. The van der Waals surface area contributed by atoms with E-state index in [1.165, 1.54) is 6.33 Å². The molecule has 0 amide bonds. The molecule has 0 aliphatic carbocycles. The van der Waals surface area contributed by atoms with Crippen molar-refractivity contribution in [3.63, 3.8) is 0 Å². The Balaban J connectivity index is 1.48. The quantitative estimate of drug-likeness (QED) is 0.636. The molecule has 3 aromatic heterocycles. The van der Waals surface area contributed by atoms with Crippen LogP contribution < -0.4 is 5.32 Å². The molecule has 0 spiro atoms. The van der Waals surface area contributed by atoms with Gasteiger partial charge in [0, 0.05) is 13.1 Å². The Kier molecular flexibility index (Phi) is 3.30. The molecule has 0 saturated carbocycles. The van der Waals surface area contributed by atoms with Gasteiger partial charge in [0.2, 0.25) is 0 Å². The second kappa shape index (κ2) is 5.42. The number of aromatic amines is 1. The number of nitrogens with zero attached hydrogens (tertiary/aromatic N) is 6. The summed E-state index contributed by atoms with van der Waals surface area (Å²) in [5.74, 6) is 0.798. The van der Waals surface area contributed by atoms with Crippen molar-refractivity contribution >= 4 is 17.0 Å². The summed E-state index contributed by atoms with van der Waals surface area (Å²) in [5, 5.41) is 10.8. The molecule has 3 aromatic rings. The molecule has 0 atom stereocenters. The van der Waals surface area contributed by atoms with Crippen molar-refractivity contribution < 1.29 is 0 Å². The molecule has 0 bridgehead atoms. The number of aryl methyl sites for hydroxylation is 1. The number of nitrogens with one attached hydrogen (secondary N) is 2. The van der Waals surface area contributed by atoms with Gasteiger partial charge in [0.05, 0.1) is 6.33 Å². The second-order valence-electron chi connectivity index (χ2n) is 4.16. The molecule has 0 radical (unpaired) electrons. The molecule has 0 aromatic carbocycles. The Bertz CT molecular complexity index is 629. The van der Waals surface area contributed by atoms with E-state index in [-0.39, 0.29) is 0 Å². The fraction of sp³-hybridized carbons (Fsp3) is 0.364. The van der Waals surface area contributed by atoms with E-state index in [0.717, 1.165) is 37.3 Å². The molecule has 3 heterocycles. The molecule has 3 rings (SSSR count). The van der Waals surface area contributed by atoms with Crippen LogP contribution in [0.3, 0.4) is 0 Å². The zero-order valence-electron chi connectivity index (χ0n) is 10.3. The number of unbranched alkanes of at least 4 members (excludes halogenated alkanes) is 1. The molecular weight excluding hydrogens is 244 g/mol. The van der Waals surface area contributed by atoms with Crippen LogP contribution in [-0.2, 0) is 6.54 Å². The zero-order chi connectivity index (χ0) is 12.9. The minimum Gasteiger partial charge on any atom is -0.368 e.